The van der Waals surface area contributed by atoms with Crippen LogP contribution in [0.4, 0.5) is 17.5 Å². The molecule has 1 atom stereocenters. The lowest BCUT2D eigenvalue weighted by molar-refractivity contribution is 0.474. The molecule has 1 heterocycles. The lowest BCUT2D eigenvalue weighted by Gasteiger charge is -2.17. The molecule has 7 heteroatoms. The van der Waals surface area contributed by atoms with Gasteiger partial charge in [0.1, 0.15) is 10.8 Å². The van der Waals surface area contributed by atoms with Crippen LogP contribution in [0, 0.1) is 0 Å². The Balaban J connectivity index is 1.79. The second-order valence-electron chi connectivity index (χ2n) is 5.81. The van der Waals surface area contributed by atoms with Crippen LogP contribution in [0.25, 0.3) is 0 Å². The van der Waals surface area contributed by atoms with Crippen molar-refractivity contribution in [3.63, 3.8) is 0 Å². The van der Waals surface area contributed by atoms with Crippen LogP contribution in [0.5, 0.6) is 5.75 Å². The lowest BCUT2D eigenvalue weighted by atomic mass is 10.1. The van der Waals surface area contributed by atoms with Gasteiger partial charge < -0.3 is 15.7 Å². The molecule has 3 N–H and O–H groups in total. The van der Waals surface area contributed by atoms with Crippen LogP contribution in [-0.2, 0) is 5.33 Å². The molecular weight excluding hydrogens is 416 g/mol. The molecule has 0 saturated carbocycles. The molecule has 1 aromatic heterocycles. The van der Waals surface area contributed by atoms with Crippen LogP contribution >= 0.6 is 27.5 Å². The second-order valence-corrected chi connectivity index (χ2v) is 6.78. The topological polar surface area (TPSA) is 70.1 Å². The summed E-state index contributed by atoms with van der Waals surface area (Å²) >= 11 is 9.69. The summed E-state index contributed by atoms with van der Waals surface area (Å²) in [5.74, 6) is 1.20. The molecule has 0 aliphatic heterocycles. The molecular formula is C19H18BrClN4O. The van der Waals surface area contributed by atoms with Crippen molar-refractivity contribution in [2.75, 3.05) is 10.6 Å². The normalized spacial score (nSPS) is 11.8. The zero-order valence-electron chi connectivity index (χ0n) is 14.1. The molecule has 0 aliphatic carbocycles. The molecule has 0 fully saturated rings. The average Bonchev–Trinajstić information content (AvgIpc) is 2.64. The Hall–Kier alpha value is -2.31. The molecule has 3 rings (SSSR count). The first-order chi connectivity index (χ1) is 12.5. The summed E-state index contributed by atoms with van der Waals surface area (Å²) in [7, 11) is 0. The van der Waals surface area contributed by atoms with E-state index >= 15 is 0 Å². The average molecular weight is 434 g/mol. The Bertz CT molecular complexity index is 906. The van der Waals surface area contributed by atoms with Crippen molar-refractivity contribution in [2.45, 2.75) is 18.3 Å². The Morgan fingerprint density at radius 2 is 2.00 bits per heavy atom. The Morgan fingerprint density at radius 3 is 2.77 bits per heavy atom. The minimum atomic E-state index is -0.0842. The fourth-order valence-electron chi connectivity index (χ4n) is 2.47. The summed E-state index contributed by atoms with van der Waals surface area (Å²) in [4.78, 5) is 8.71. The number of hydrogen-bond acceptors (Lipinski definition) is 5. The van der Waals surface area contributed by atoms with Crippen molar-refractivity contribution in [2.24, 2.45) is 0 Å². The number of phenolic OH excluding ortho intramolecular Hbond substituents is 1. The number of rotatable bonds is 6. The van der Waals surface area contributed by atoms with Gasteiger partial charge in [-0.3, -0.25) is 0 Å². The van der Waals surface area contributed by atoms with Crippen molar-refractivity contribution < 1.29 is 5.11 Å². The number of aromatic nitrogens is 2. The van der Waals surface area contributed by atoms with Crippen LogP contribution in [-0.4, -0.2) is 15.1 Å². The summed E-state index contributed by atoms with van der Waals surface area (Å²) in [6.07, 6.45) is 1.56. The Labute approximate surface area is 165 Å². The highest BCUT2D eigenvalue weighted by Crippen LogP contribution is 2.27. The van der Waals surface area contributed by atoms with Crippen LogP contribution in [0.15, 0.2) is 54.7 Å². The number of nitrogens with zero attached hydrogens (tertiary/aromatic N) is 2. The standard InChI is InChI=1S/C19H18BrClN4O/c1-12(14-5-3-7-16(26)9-14)23-18-17(21)11-22-19(25-18)24-15-6-2-4-13(8-15)10-20/h2-9,11-12,26H,10H2,1H3,(H2,22,23,24,25). The number of halogens is 2. The van der Waals surface area contributed by atoms with Gasteiger partial charge in [-0.05, 0) is 42.3 Å². The first-order valence-corrected chi connectivity index (χ1v) is 9.55. The number of aromatic hydroxyl groups is 1. The van der Waals surface area contributed by atoms with Gasteiger partial charge in [0, 0.05) is 11.0 Å². The SMILES string of the molecule is CC(Nc1nc(Nc2cccc(CBr)c2)ncc1Cl)c1cccc(O)c1. The molecule has 2 aromatic carbocycles. The Morgan fingerprint density at radius 1 is 1.19 bits per heavy atom. The summed E-state index contributed by atoms with van der Waals surface area (Å²) in [5, 5.41) is 17.3. The Kier molecular flexibility index (Phi) is 5.96. The lowest BCUT2D eigenvalue weighted by Crippen LogP contribution is -2.10. The zero-order valence-corrected chi connectivity index (χ0v) is 16.4. The van der Waals surface area contributed by atoms with Crippen LogP contribution < -0.4 is 10.6 Å². The van der Waals surface area contributed by atoms with Gasteiger partial charge in [0.2, 0.25) is 5.95 Å². The van der Waals surface area contributed by atoms with E-state index in [2.05, 4.69) is 36.5 Å². The third-order valence-electron chi connectivity index (χ3n) is 3.80. The maximum absolute atomic E-state index is 9.64. The maximum Gasteiger partial charge on any atom is 0.229 e. The summed E-state index contributed by atoms with van der Waals surface area (Å²) in [6, 6.07) is 15.0. The number of anilines is 3. The smallest absolute Gasteiger partial charge is 0.229 e. The largest absolute Gasteiger partial charge is 0.508 e. The van der Waals surface area contributed by atoms with E-state index in [1.54, 1.807) is 24.4 Å². The number of alkyl halides is 1. The van der Waals surface area contributed by atoms with E-state index in [1.807, 2.05) is 37.3 Å². The molecule has 0 saturated heterocycles. The highest BCUT2D eigenvalue weighted by atomic mass is 79.9. The minimum Gasteiger partial charge on any atom is -0.508 e. The van der Waals surface area contributed by atoms with Crippen LogP contribution in [0.1, 0.15) is 24.1 Å². The molecule has 3 aromatic rings. The molecule has 5 nitrogen and oxygen atoms in total. The molecule has 0 aliphatic rings. The summed E-state index contributed by atoms with van der Waals surface area (Å²) in [6.45, 7) is 1.97. The molecule has 0 bridgehead atoms. The van der Waals surface area contributed by atoms with E-state index in [0.29, 0.717) is 16.8 Å². The fraction of sp³-hybridized carbons (Fsp3) is 0.158. The van der Waals surface area contributed by atoms with E-state index < -0.39 is 0 Å². The predicted molar refractivity (Wildman–Crippen MR) is 110 cm³/mol. The molecule has 26 heavy (non-hydrogen) atoms. The van der Waals surface area contributed by atoms with Gasteiger partial charge in [-0.15, -0.1) is 0 Å². The van der Waals surface area contributed by atoms with Gasteiger partial charge in [-0.1, -0.05) is 51.8 Å². The van der Waals surface area contributed by atoms with Crippen molar-refractivity contribution in [1.82, 2.24) is 9.97 Å². The number of phenols is 1. The third kappa shape index (κ3) is 4.65. The second kappa shape index (κ2) is 8.38. The van der Waals surface area contributed by atoms with Gasteiger partial charge in [-0.25, -0.2) is 4.98 Å². The van der Waals surface area contributed by atoms with Crippen molar-refractivity contribution in [3.05, 3.63) is 70.9 Å². The highest BCUT2D eigenvalue weighted by molar-refractivity contribution is 9.08. The van der Waals surface area contributed by atoms with E-state index in [4.69, 9.17) is 11.6 Å². The van der Waals surface area contributed by atoms with Crippen molar-refractivity contribution >= 4 is 45.0 Å². The van der Waals surface area contributed by atoms with Gasteiger partial charge >= 0.3 is 0 Å². The highest BCUT2D eigenvalue weighted by Gasteiger charge is 2.11. The van der Waals surface area contributed by atoms with Crippen molar-refractivity contribution in [1.29, 1.82) is 0 Å². The van der Waals surface area contributed by atoms with Gasteiger partial charge in [-0.2, -0.15) is 4.98 Å². The third-order valence-corrected chi connectivity index (χ3v) is 4.73. The maximum atomic E-state index is 9.64. The van der Waals surface area contributed by atoms with Crippen molar-refractivity contribution in [3.8, 4) is 5.75 Å². The first kappa shape index (κ1) is 18.5. The molecule has 0 radical (unpaired) electrons. The van der Waals surface area contributed by atoms with E-state index in [9.17, 15) is 5.11 Å². The van der Waals surface area contributed by atoms with Gasteiger partial charge in [0.05, 0.1) is 12.2 Å². The number of benzene rings is 2. The number of nitrogens with one attached hydrogen (secondary N) is 2. The number of hydrogen-bond donors (Lipinski definition) is 3. The van der Waals surface area contributed by atoms with Gasteiger partial charge in [0.15, 0.2) is 5.82 Å². The van der Waals surface area contributed by atoms with E-state index in [0.717, 1.165) is 22.1 Å². The fourth-order valence-corrected chi connectivity index (χ4v) is 2.97. The van der Waals surface area contributed by atoms with Crippen LogP contribution in [0.2, 0.25) is 5.02 Å². The van der Waals surface area contributed by atoms with E-state index in [-0.39, 0.29) is 11.8 Å². The molecule has 134 valence electrons. The first-order valence-electron chi connectivity index (χ1n) is 8.05. The monoisotopic (exact) mass is 432 g/mol. The van der Waals surface area contributed by atoms with E-state index in [1.165, 1.54) is 0 Å². The quantitative estimate of drug-likeness (QED) is 0.438. The molecule has 1 unspecified atom stereocenters. The molecule has 0 spiro atoms. The minimum absolute atomic E-state index is 0.0842. The summed E-state index contributed by atoms with van der Waals surface area (Å²) < 4.78 is 0. The van der Waals surface area contributed by atoms with Crippen LogP contribution in [0.3, 0.4) is 0 Å². The van der Waals surface area contributed by atoms with Gasteiger partial charge in [0.25, 0.3) is 0 Å². The summed E-state index contributed by atoms with van der Waals surface area (Å²) in [5.41, 5.74) is 2.98. The molecule has 0 amide bonds. The zero-order chi connectivity index (χ0) is 18.5. The predicted octanol–water partition coefficient (Wildman–Crippen LogP) is 5.65.